The molecule has 0 atom stereocenters. The standard InChI is InChI=1S/C24H30O5/c1-16(2)19-7-9-20(10-8-19)27-14-17(3)15-28-21-11-12-22(18(4)13-21)29-24(5,6)23(25)26/h7-13,16H,3,14-15H2,1-2,4-6H3,(H,25,26). The van der Waals surface area contributed by atoms with Crippen LogP contribution in [0.1, 0.15) is 44.7 Å². The van der Waals surface area contributed by atoms with Gasteiger partial charge in [-0.1, -0.05) is 32.6 Å². The maximum absolute atomic E-state index is 11.2. The highest BCUT2D eigenvalue weighted by molar-refractivity contribution is 5.76. The fraction of sp³-hybridized carbons (Fsp3) is 0.375. The van der Waals surface area contributed by atoms with Crippen LogP contribution >= 0.6 is 0 Å². The van der Waals surface area contributed by atoms with Gasteiger partial charge in [0.1, 0.15) is 30.5 Å². The molecule has 0 bridgehead atoms. The van der Waals surface area contributed by atoms with Gasteiger partial charge >= 0.3 is 5.97 Å². The van der Waals surface area contributed by atoms with Crippen LogP contribution in [0.2, 0.25) is 0 Å². The second kappa shape index (κ2) is 9.50. The van der Waals surface area contributed by atoms with Crippen molar-refractivity contribution in [3.05, 3.63) is 65.7 Å². The Hall–Kier alpha value is -2.95. The largest absolute Gasteiger partial charge is 0.489 e. The molecule has 156 valence electrons. The molecule has 0 amide bonds. The smallest absolute Gasteiger partial charge is 0.347 e. The fourth-order valence-electron chi connectivity index (χ4n) is 2.51. The highest BCUT2D eigenvalue weighted by Gasteiger charge is 2.29. The molecule has 5 heteroatoms. The van der Waals surface area contributed by atoms with Crippen molar-refractivity contribution in [2.75, 3.05) is 13.2 Å². The van der Waals surface area contributed by atoms with E-state index in [0.29, 0.717) is 30.6 Å². The lowest BCUT2D eigenvalue weighted by Gasteiger charge is -2.23. The van der Waals surface area contributed by atoms with Crippen molar-refractivity contribution in [2.24, 2.45) is 0 Å². The number of hydrogen-bond acceptors (Lipinski definition) is 4. The van der Waals surface area contributed by atoms with Crippen molar-refractivity contribution in [2.45, 2.75) is 46.1 Å². The molecule has 0 saturated carbocycles. The lowest BCUT2D eigenvalue weighted by Crippen LogP contribution is -2.38. The molecular weight excluding hydrogens is 368 g/mol. The zero-order valence-electron chi connectivity index (χ0n) is 17.8. The Morgan fingerprint density at radius 1 is 1.03 bits per heavy atom. The van der Waals surface area contributed by atoms with E-state index in [1.54, 1.807) is 12.1 Å². The number of hydrogen-bond donors (Lipinski definition) is 1. The molecule has 1 N–H and O–H groups in total. The van der Waals surface area contributed by atoms with Crippen LogP contribution in [0, 0.1) is 6.92 Å². The molecule has 5 nitrogen and oxygen atoms in total. The summed E-state index contributed by atoms with van der Waals surface area (Å²) in [7, 11) is 0. The first-order valence-corrected chi connectivity index (χ1v) is 9.64. The van der Waals surface area contributed by atoms with Crippen LogP contribution in [-0.4, -0.2) is 29.9 Å². The number of carboxylic acids is 1. The minimum absolute atomic E-state index is 0.324. The van der Waals surface area contributed by atoms with E-state index in [9.17, 15) is 9.90 Å². The van der Waals surface area contributed by atoms with Gasteiger partial charge in [-0.2, -0.15) is 0 Å². The predicted octanol–water partition coefficient (Wildman–Crippen LogP) is 5.37. The molecular formula is C24H30O5. The summed E-state index contributed by atoms with van der Waals surface area (Å²) in [5.74, 6) is 1.44. The molecule has 2 aromatic carbocycles. The van der Waals surface area contributed by atoms with Gasteiger partial charge in [-0.05, 0) is 73.7 Å². The summed E-state index contributed by atoms with van der Waals surface area (Å²) < 4.78 is 17.1. The average Bonchev–Trinajstić information content (AvgIpc) is 2.66. The summed E-state index contributed by atoms with van der Waals surface area (Å²) in [5, 5.41) is 9.19. The third kappa shape index (κ3) is 6.56. The van der Waals surface area contributed by atoms with Gasteiger partial charge in [0.2, 0.25) is 0 Å². The summed E-state index contributed by atoms with van der Waals surface area (Å²) in [4.78, 5) is 11.2. The number of carboxylic acid groups (broad SMARTS) is 1. The van der Waals surface area contributed by atoms with Gasteiger partial charge in [-0.3, -0.25) is 0 Å². The van der Waals surface area contributed by atoms with E-state index < -0.39 is 11.6 Å². The van der Waals surface area contributed by atoms with E-state index in [1.807, 2.05) is 25.1 Å². The van der Waals surface area contributed by atoms with E-state index in [1.165, 1.54) is 19.4 Å². The van der Waals surface area contributed by atoms with Gasteiger partial charge in [0, 0.05) is 0 Å². The van der Waals surface area contributed by atoms with Crippen LogP contribution in [0.3, 0.4) is 0 Å². The van der Waals surface area contributed by atoms with Gasteiger partial charge in [0.05, 0.1) is 0 Å². The third-order valence-corrected chi connectivity index (χ3v) is 4.46. The number of ether oxygens (including phenoxy) is 3. The van der Waals surface area contributed by atoms with Crippen LogP contribution < -0.4 is 14.2 Å². The van der Waals surface area contributed by atoms with Crippen LogP contribution in [0.5, 0.6) is 17.2 Å². The summed E-state index contributed by atoms with van der Waals surface area (Å²) in [5.41, 5.74) is 1.58. The van der Waals surface area contributed by atoms with Crippen molar-refractivity contribution in [3.8, 4) is 17.2 Å². The Morgan fingerprint density at radius 2 is 1.59 bits per heavy atom. The molecule has 0 fully saturated rings. The molecule has 0 aliphatic rings. The maximum atomic E-state index is 11.2. The second-order valence-corrected chi connectivity index (χ2v) is 7.90. The molecule has 2 aromatic rings. The quantitative estimate of drug-likeness (QED) is 0.545. The Kier molecular flexibility index (Phi) is 7.32. The van der Waals surface area contributed by atoms with Crippen molar-refractivity contribution < 1.29 is 24.1 Å². The first kappa shape index (κ1) is 22.3. The number of aliphatic carboxylic acids is 1. The van der Waals surface area contributed by atoms with Crippen molar-refractivity contribution in [1.82, 2.24) is 0 Å². The minimum Gasteiger partial charge on any atom is -0.489 e. The van der Waals surface area contributed by atoms with E-state index >= 15 is 0 Å². The van der Waals surface area contributed by atoms with Gasteiger partial charge in [0.25, 0.3) is 0 Å². The van der Waals surface area contributed by atoms with Crippen LogP contribution in [0.25, 0.3) is 0 Å². The molecule has 0 aromatic heterocycles. The van der Waals surface area contributed by atoms with Gasteiger partial charge in [-0.15, -0.1) is 0 Å². The van der Waals surface area contributed by atoms with Crippen molar-refractivity contribution in [1.29, 1.82) is 0 Å². The summed E-state index contributed by atoms with van der Waals surface area (Å²) in [6, 6.07) is 13.3. The lowest BCUT2D eigenvalue weighted by molar-refractivity contribution is -0.152. The summed E-state index contributed by atoms with van der Waals surface area (Å²) >= 11 is 0. The fourth-order valence-corrected chi connectivity index (χ4v) is 2.51. The zero-order chi connectivity index (χ0) is 21.6. The molecule has 0 saturated heterocycles. The van der Waals surface area contributed by atoms with E-state index in [0.717, 1.165) is 16.9 Å². The van der Waals surface area contributed by atoms with Crippen molar-refractivity contribution >= 4 is 5.97 Å². The maximum Gasteiger partial charge on any atom is 0.347 e. The van der Waals surface area contributed by atoms with Gasteiger partial charge in [0.15, 0.2) is 5.60 Å². The monoisotopic (exact) mass is 398 g/mol. The van der Waals surface area contributed by atoms with Crippen LogP contribution in [0.15, 0.2) is 54.6 Å². The first-order chi connectivity index (χ1) is 13.6. The van der Waals surface area contributed by atoms with Crippen LogP contribution in [0.4, 0.5) is 0 Å². The molecule has 0 spiro atoms. The van der Waals surface area contributed by atoms with E-state index in [-0.39, 0.29) is 0 Å². The third-order valence-electron chi connectivity index (χ3n) is 4.46. The molecule has 0 heterocycles. The number of aryl methyl sites for hydroxylation is 1. The highest BCUT2D eigenvalue weighted by Crippen LogP contribution is 2.27. The summed E-state index contributed by atoms with van der Waals surface area (Å²) in [6.45, 7) is 13.9. The van der Waals surface area contributed by atoms with E-state index in [2.05, 4.69) is 32.6 Å². The predicted molar refractivity (Wildman–Crippen MR) is 114 cm³/mol. The number of benzene rings is 2. The molecule has 0 radical (unpaired) electrons. The molecule has 0 unspecified atom stereocenters. The summed E-state index contributed by atoms with van der Waals surface area (Å²) in [6.07, 6.45) is 0. The van der Waals surface area contributed by atoms with Crippen LogP contribution in [-0.2, 0) is 4.79 Å². The Morgan fingerprint density at radius 3 is 2.10 bits per heavy atom. The topological polar surface area (TPSA) is 65.0 Å². The van der Waals surface area contributed by atoms with Gasteiger partial charge in [-0.25, -0.2) is 4.79 Å². The Labute approximate surface area is 172 Å². The van der Waals surface area contributed by atoms with E-state index in [4.69, 9.17) is 14.2 Å². The highest BCUT2D eigenvalue weighted by atomic mass is 16.5. The van der Waals surface area contributed by atoms with Gasteiger partial charge < -0.3 is 19.3 Å². The normalized spacial score (nSPS) is 11.2. The molecule has 0 aliphatic heterocycles. The number of rotatable bonds is 10. The average molecular weight is 398 g/mol. The first-order valence-electron chi connectivity index (χ1n) is 9.64. The van der Waals surface area contributed by atoms with Crippen molar-refractivity contribution in [3.63, 3.8) is 0 Å². The minimum atomic E-state index is -1.30. The Balaban J connectivity index is 1.85. The molecule has 2 rings (SSSR count). The molecule has 0 aliphatic carbocycles. The molecule has 29 heavy (non-hydrogen) atoms. The Bertz CT molecular complexity index is 850. The SMILES string of the molecule is C=C(COc1ccc(C(C)C)cc1)COc1ccc(OC(C)(C)C(=O)O)c(C)c1. The number of carbonyl (C=O) groups is 1. The lowest BCUT2D eigenvalue weighted by atomic mass is 10.0. The zero-order valence-corrected chi connectivity index (χ0v) is 17.8. The second-order valence-electron chi connectivity index (χ2n) is 7.90.